The molecule has 0 radical (unpaired) electrons. The Balaban J connectivity index is 1.94. The maximum absolute atomic E-state index is 5.67. The van der Waals surface area contributed by atoms with Crippen molar-refractivity contribution in [3.63, 3.8) is 0 Å². The van der Waals surface area contributed by atoms with Gasteiger partial charge in [0.2, 0.25) is 0 Å². The van der Waals surface area contributed by atoms with Gasteiger partial charge in [0, 0.05) is 19.7 Å². The van der Waals surface area contributed by atoms with Gasteiger partial charge in [0.05, 0.1) is 22.8 Å². The first-order chi connectivity index (χ1) is 9.79. The predicted octanol–water partition coefficient (Wildman–Crippen LogP) is 1.72. The molecule has 3 rings (SSSR count). The van der Waals surface area contributed by atoms with Gasteiger partial charge in [-0.25, -0.2) is 4.98 Å². The molecule has 3 N–H and O–H groups in total. The Morgan fingerprint density at radius 1 is 1.20 bits per heavy atom. The summed E-state index contributed by atoms with van der Waals surface area (Å²) in [6, 6.07) is 13.9. The molecule has 5 nitrogen and oxygen atoms in total. The Morgan fingerprint density at radius 3 is 2.70 bits per heavy atom. The molecule has 0 aliphatic rings. The zero-order chi connectivity index (χ0) is 13.9. The molecule has 1 aromatic carbocycles. The van der Waals surface area contributed by atoms with Crippen molar-refractivity contribution in [1.82, 2.24) is 20.0 Å². The van der Waals surface area contributed by atoms with Crippen LogP contribution in [0.2, 0.25) is 0 Å². The summed E-state index contributed by atoms with van der Waals surface area (Å²) < 4.78 is 2.10. The number of hydrogen-bond acceptors (Lipinski definition) is 4. The van der Waals surface area contributed by atoms with Crippen molar-refractivity contribution in [2.24, 2.45) is 12.9 Å². The topological polar surface area (TPSA) is 68.8 Å². The first kappa shape index (κ1) is 12.8. The van der Waals surface area contributed by atoms with Crippen molar-refractivity contribution in [2.75, 3.05) is 0 Å². The van der Waals surface area contributed by atoms with E-state index in [0.29, 0.717) is 6.42 Å². The van der Waals surface area contributed by atoms with E-state index in [0.717, 1.165) is 22.6 Å². The summed E-state index contributed by atoms with van der Waals surface area (Å²) in [5.41, 5.74) is 5.87. The Morgan fingerprint density at radius 2 is 2.00 bits per heavy atom. The summed E-state index contributed by atoms with van der Waals surface area (Å²) in [6.07, 6.45) is 2.47. The number of fused-ring (bicyclic) bond motifs is 1. The minimum atomic E-state index is -0.0493. The van der Waals surface area contributed by atoms with Gasteiger partial charge in [-0.05, 0) is 24.3 Å². The SMILES string of the molecule is Cn1c(CC(NN)c2ccccn2)nc2ccccc21. The van der Waals surface area contributed by atoms with E-state index in [2.05, 4.69) is 26.0 Å². The lowest BCUT2D eigenvalue weighted by Gasteiger charge is -2.14. The fraction of sp³-hybridized carbons (Fsp3) is 0.200. The van der Waals surface area contributed by atoms with E-state index in [9.17, 15) is 0 Å². The molecular weight excluding hydrogens is 250 g/mol. The first-order valence-corrected chi connectivity index (χ1v) is 6.57. The van der Waals surface area contributed by atoms with Crippen LogP contribution >= 0.6 is 0 Å². The van der Waals surface area contributed by atoms with E-state index in [1.807, 2.05) is 43.4 Å². The summed E-state index contributed by atoms with van der Waals surface area (Å²) in [7, 11) is 2.02. The zero-order valence-corrected chi connectivity index (χ0v) is 11.3. The molecule has 3 aromatic rings. The third-order valence-corrected chi connectivity index (χ3v) is 3.51. The molecule has 102 valence electrons. The van der Waals surface area contributed by atoms with Crippen LogP contribution < -0.4 is 11.3 Å². The number of para-hydroxylation sites is 2. The van der Waals surface area contributed by atoms with E-state index in [4.69, 9.17) is 5.84 Å². The lowest BCUT2D eigenvalue weighted by Crippen LogP contribution is -2.30. The monoisotopic (exact) mass is 267 g/mol. The number of nitrogens with one attached hydrogen (secondary N) is 1. The van der Waals surface area contributed by atoms with Crippen molar-refractivity contribution in [3.05, 3.63) is 60.2 Å². The van der Waals surface area contributed by atoms with Gasteiger partial charge in [-0.1, -0.05) is 18.2 Å². The van der Waals surface area contributed by atoms with Gasteiger partial charge < -0.3 is 4.57 Å². The van der Waals surface area contributed by atoms with Gasteiger partial charge in [-0.2, -0.15) is 0 Å². The molecule has 0 saturated heterocycles. The molecule has 2 heterocycles. The van der Waals surface area contributed by atoms with E-state index >= 15 is 0 Å². The van der Waals surface area contributed by atoms with E-state index in [-0.39, 0.29) is 6.04 Å². The summed E-state index contributed by atoms with van der Waals surface area (Å²) in [6.45, 7) is 0. The van der Waals surface area contributed by atoms with Gasteiger partial charge in [-0.3, -0.25) is 16.3 Å². The lowest BCUT2D eigenvalue weighted by atomic mass is 10.1. The highest BCUT2D eigenvalue weighted by Crippen LogP contribution is 2.19. The second kappa shape index (κ2) is 5.40. The van der Waals surface area contributed by atoms with Crippen molar-refractivity contribution in [3.8, 4) is 0 Å². The molecule has 5 heteroatoms. The second-order valence-corrected chi connectivity index (χ2v) is 4.75. The summed E-state index contributed by atoms with van der Waals surface area (Å²) >= 11 is 0. The first-order valence-electron chi connectivity index (χ1n) is 6.57. The average molecular weight is 267 g/mol. The van der Waals surface area contributed by atoms with E-state index in [1.165, 1.54) is 0 Å². The molecule has 0 spiro atoms. The minimum absolute atomic E-state index is 0.0493. The van der Waals surface area contributed by atoms with Crippen molar-refractivity contribution >= 4 is 11.0 Å². The number of hydrogen-bond donors (Lipinski definition) is 2. The third kappa shape index (κ3) is 2.29. The maximum atomic E-state index is 5.67. The van der Waals surface area contributed by atoms with Gasteiger partial charge in [0.25, 0.3) is 0 Å². The number of nitrogens with two attached hydrogens (primary N) is 1. The Kier molecular flexibility index (Phi) is 3.45. The molecule has 0 aliphatic carbocycles. The molecule has 1 atom stereocenters. The highest BCUT2D eigenvalue weighted by Gasteiger charge is 2.16. The maximum Gasteiger partial charge on any atom is 0.111 e. The van der Waals surface area contributed by atoms with Gasteiger partial charge in [-0.15, -0.1) is 0 Å². The predicted molar refractivity (Wildman–Crippen MR) is 78.7 cm³/mol. The summed E-state index contributed by atoms with van der Waals surface area (Å²) in [5, 5.41) is 0. The quantitative estimate of drug-likeness (QED) is 0.558. The normalized spacial score (nSPS) is 12.7. The van der Waals surface area contributed by atoms with Crippen LogP contribution in [0, 0.1) is 0 Å². The number of aryl methyl sites for hydroxylation is 1. The molecule has 0 amide bonds. The number of benzene rings is 1. The number of imidazole rings is 1. The molecule has 20 heavy (non-hydrogen) atoms. The summed E-state index contributed by atoms with van der Waals surface area (Å²) in [4.78, 5) is 9.02. The smallest absolute Gasteiger partial charge is 0.111 e. The highest BCUT2D eigenvalue weighted by molar-refractivity contribution is 5.75. The van der Waals surface area contributed by atoms with Crippen LogP contribution in [0.4, 0.5) is 0 Å². The van der Waals surface area contributed by atoms with Gasteiger partial charge >= 0.3 is 0 Å². The fourth-order valence-electron chi connectivity index (χ4n) is 2.39. The second-order valence-electron chi connectivity index (χ2n) is 4.75. The Bertz CT molecular complexity index is 705. The number of pyridine rings is 1. The average Bonchev–Trinajstić information content (AvgIpc) is 2.82. The number of rotatable bonds is 4. The van der Waals surface area contributed by atoms with Crippen LogP contribution in [0.1, 0.15) is 17.6 Å². The van der Waals surface area contributed by atoms with Crippen LogP contribution in [0.15, 0.2) is 48.7 Å². The molecule has 2 aromatic heterocycles. The van der Waals surface area contributed by atoms with Crippen molar-refractivity contribution in [1.29, 1.82) is 0 Å². The van der Waals surface area contributed by atoms with E-state index in [1.54, 1.807) is 6.20 Å². The number of aromatic nitrogens is 3. The van der Waals surface area contributed by atoms with Crippen LogP contribution in [-0.2, 0) is 13.5 Å². The van der Waals surface area contributed by atoms with Crippen molar-refractivity contribution in [2.45, 2.75) is 12.5 Å². The summed E-state index contributed by atoms with van der Waals surface area (Å²) in [5.74, 6) is 6.66. The van der Waals surface area contributed by atoms with Crippen LogP contribution in [0.25, 0.3) is 11.0 Å². The van der Waals surface area contributed by atoms with Crippen molar-refractivity contribution < 1.29 is 0 Å². The molecule has 0 fully saturated rings. The molecule has 0 bridgehead atoms. The van der Waals surface area contributed by atoms with Crippen LogP contribution in [0.5, 0.6) is 0 Å². The van der Waals surface area contributed by atoms with Gasteiger partial charge in [0.15, 0.2) is 0 Å². The Hall–Kier alpha value is -2.24. The fourth-order valence-corrected chi connectivity index (χ4v) is 2.39. The molecule has 0 aliphatic heterocycles. The van der Waals surface area contributed by atoms with Gasteiger partial charge in [0.1, 0.15) is 5.82 Å². The third-order valence-electron chi connectivity index (χ3n) is 3.51. The van der Waals surface area contributed by atoms with Crippen LogP contribution in [-0.4, -0.2) is 14.5 Å². The number of hydrazine groups is 1. The largest absolute Gasteiger partial charge is 0.331 e. The standard InChI is InChI=1S/C15H17N5/c1-20-14-8-3-2-7-12(14)18-15(20)10-13(19-16)11-6-4-5-9-17-11/h2-9,13,19H,10,16H2,1H3. The number of nitrogens with zero attached hydrogens (tertiary/aromatic N) is 3. The van der Waals surface area contributed by atoms with Crippen LogP contribution in [0.3, 0.4) is 0 Å². The minimum Gasteiger partial charge on any atom is -0.331 e. The lowest BCUT2D eigenvalue weighted by molar-refractivity contribution is 0.520. The molecule has 1 unspecified atom stereocenters. The zero-order valence-electron chi connectivity index (χ0n) is 11.3. The van der Waals surface area contributed by atoms with E-state index < -0.39 is 0 Å². The molecular formula is C15H17N5. The highest BCUT2D eigenvalue weighted by atomic mass is 15.2. The molecule has 0 saturated carbocycles. The Labute approximate surface area is 117 Å².